The summed E-state index contributed by atoms with van der Waals surface area (Å²) in [5.41, 5.74) is 0. The van der Waals surface area contributed by atoms with Crippen molar-refractivity contribution in [3.8, 4) is 0 Å². The molecule has 1 amide bonds. The SMILES string of the molecule is CCOCC(=O)N1CCC(C(C)O)C1. The summed E-state index contributed by atoms with van der Waals surface area (Å²) in [7, 11) is 0. The Bertz CT molecular complexity index is 194. The molecule has 82 valence electrons. The summed E-state index contributed by atoms with van der Waals surface area (Å²) in [5, 5.41) is 9.36. The summed E-state index contributed by atoms with van der Waals surface area (Å²) < 4.78 is 5.05. The van der Waals surface area contributed by atoms with Gasteiger partial charge in [0.2, 0.25) is 5.91 Å². The van der Waals surface area contributed by atoms with Crippen LogP contribution < -0.4 is 0 Å². The lowest BCUT2D eigenvalue weighted by Gasteiger charge is -2.17. The van der Waals surface area contributed by atoms with Gasteiger partial charge in [0, 0.05) is 25.6 Å². The predicted molar refractivity (Wildman–Crippen MR) is 52.9 cm³/mol. The maximum atomic E-state index is 11.5. The number of likely N-dealkylation sites (tertiary alicyclic amines) is 1. The lowest BCUT2D eigenvalue weighted by atomic mass is 10.0. The molecule has 0 radical (unpaired) electrons. The lowest BCUT2D eigenvalue weighted by molar-refractivity contribution is -0.135. The van der Waals surface area contributed by atoms with Crippen molar-refractivity contribution < 1.29 is 14.6 Å². The van der Waals surface area contributed by atoms with Crippen molar-refractivity contribution in [1.82, 2.24) is 4.90 Å². The molecule has 1 aliphatic heterocycles. The van der Waals surface area contributed by atoms with Gasteiger partial charge in [-0.1, -0.05) is 0 Å². The van der Waals surface area contributed by atoms with E-state index in [0.717, 1.165) is 13.0 Å². The highest BCUT2D eigenvalue weighted by atomic mass is 16.5. The molecule has 1 saturated heterocycles. The highest BCUT2D eigenvalue weighted by Crippen LogP contribution is 2.19. The molecule has 0 aromatic rings. The van der Waals surface area contributed by atoms with Crippen LogP contribution in [-0.2, 0) is 9.53 Å². The van der Waals surface area contributed by atoms with Gasteiger partial charge in [0.05, 0.1) is 6.10 Å². The van der Waals surface area contributed by atoms with Gasteiger partial charge in [-0.05, 0) is 20.3 Å². The van der Waals surface area contributed by atoms with E-state index in [1.54, 1.807) is 11.8 Å². The van der Waals surface area contributed by atoms with Crippen molar-refractivity contribution in [2.75, 3.05) is 26.3 Å². The molecule has 0 bridgehead atoms. The Balaban J connectivity index is 2.30. The Morgan fingerprint density at radius 1 is 1.71 bits per heavy atom. The summed E-state index contributed by atoms with van der Waals surface area (Å²) in [6, 6.07) is 0. The fourth-order valence-corrected chi connectivity index (χ4v) is 1.69. The number of aliphatic hydroxyl groups excluding tert-OH is 1. The van der Waals surface area contributed by atoms with Crippen LogP contribution in [0.1, 0.15) is 20.3 Å². The molecule has 0 aromatic carbocycles. The number of rotatable bonds is 4. The Labute approximate surface area is 84.8 Å². The lowest BCUT2D eigenvalue weighted by Crippen LogP contribution is -2.33. The molecule has 4 heteroatoms. The summed E-state index contributed by atoms with van der Waals surface area (Å²) >= 11 is 0. The summed E-state index contributed by atoms with van der Waals surface area (Å²) in [6.45, 7) is 5.81. The largest absolute Gasteiger partial charge is 0.393 e. The number of carbonyl (C=O) groups is 1. The molecule has 1 fully saturated rings. The summed E-state index contributed by atoms with van der Waals surface area (Å²) in [6.07, 6.45) is 0.579. The van der Waals surface area contributed by atoms with Crippen LogP contribution in [0.25, 0.3) is 0 Å². The maximum absolute atomic E-state index is 11.5. The van der Waals surface area contributed by atoms with Gasteiger partial charge in [0.25, 0.3) is 0 Å². The molecule has 0 saturated carbocycles. The average molecular weight is 201 g/mol. The van der Waals surface area contributed by atoms with Crippen LogP contribution in [0.5, 0.6) is 0 Å². The van der Waals surface area contributed by atoms with Gasteiger partial charge in [0.15, 0.2) is 0 Å². The molecule has 4 nitrogen and oxygen atoms in total. The first-order chi connectivity index (χ1) is 6.65. The molecule has 0 aliphatic carbocycles. The summed E-state index contributed by atoms with van der Waals surface area (Å²) in [4.78, 5) is 13.3. The zero-order valence-corrected chi connectivity index (χ0v) is 8.90. The minimum Gasteiger partial charge on any atom is -0.393 e. The van der Waals surface area contributed by atoms with E-state index in [2.05, 4.69) is 0 Å². The van der Waals surface area contributed by atoms with E-state index in [-0.39, 0.29) is 24.5 Å². The maximum Gasteiger partial charge on any atom is 0.248 e. The topological polar surface area (TPSA) is 49.8 Å². The van der Waals surface area contributed by atoms with E-state index in [4.69, 9.17) is 4.74 Å². The van der Waals surface area contributed by atoms with E-state index < -0.39 is 0 Å². The first-order valence-corrected chi connectivity index (χ1v) is 5.18. The second-order valence-electron chi connectivity index (χ2n) is 3.77. The monoisotopic (exact) mass is 201 g/mol. The molecule has 14 heavy (non-hydrogen) atoms. The van der Waals surface area contributed by atoms with Crippen molar-refractivity contribution in [3.63, 3.8) is 0 Å². The van der Waals surface area contributed by atoms with E-state index in [9.17, 15) is 9.90 Å². The Hall–Kier alpha value is -0.610. The molecule has 2 unspecified atom stereocenters. The van der Waals surface area contributed by atoms with Gasteiger partial charge in [0.1, 0.15) is 6.61 Å². The Morgan fingerprint density at radius 3 is 2.93 bits per heavy atom. The number of hydrogen-bond donors (Lipinski definition) is 1. The Morgan fingerprint density at radius 2 is 2.43 bits per heavy atom. The van der Waals surface area contributed by atoms with E-state index >= 15 is 0 Å². The molecular weight excluding hydrogens is 182 g/mol. The molecule has 2 atom stereocenters. The van der Waals surface area contributed by atoms with Crippen molar-refractivity contribution in [2.24, 2.45) is 5.92 Å². The van der Waals surface area contributed by atoms with Gasteiger partial charge in [-0.15, -0.1) is 0 Å². The second-order valence-corrected chi connectivity index (χ2v) is 3.77. The van der Waals surface area contributed by atoms with Crippen LogP contribution in [0.15, 0.2) is 0 Å². The number of ether oxygens (including phenoxy) is 1. The third-order valence-electron chi connectivity index (χ3n) is 2.69. The normalized spacial score (nSPS) is 23.9. The molecule has 1 heterocycles. The minimum atomic E-state index is -0.320. The van der Waals surface area contributed by atoms with Gasteiger partial charge in [-0.3, -0.25) is 4.79 Å². The average Bonchev–Trinajstić information content (AvgIpc) is 2.62. The van der Waals surface area contributed by atoms with Crippen LogP contribution >= 0.6 is 0 Å². The third kappa shape index (κ3) is 2.96. The number of amides is 1. The van der Waals surface area contributed by atoms with Gasteiger partial charge in [-0.2, -0.15) is 0 Å². The third-order valence-corrected chi connectivity index (χ3v) is 2.69. The molecule has 1 aliphatic rings. The van der Waals surface area contributed by atoms with Crippen LogP contribution in [0, 0.1) is 5.92 Å². The second kappa shape index (κ2) is 5.32. The number of carbonyl (C=O) groups excluding carboxylic acids is 1. The predicted octanol–water partition coefficient (Wildman–Crippen LogP) is 0.252. The smallest absolute Gasteiger partial charge is 0.248 e. The first kappa shape index (κ1) is 11.5. The van der Waals surface area contributed by atoms with Crippen LogP contribution in [0.3, 0.4) is 0 Å². The molecule has 1 N–H and O–H groups in total. The zero-order chi connectivity index (χ0) is 10.6. The molecule has 1 rings (SSSR count). The highest BCUT2D eigenvalue weighted by molar-refractivity contribution is 5.77. The minimum absolute atomic E-state index is 0.0370. The van der Waals surface area contributed by atoms with Crippen molar-refractivity contribution in [3.05, 3.63) is 0 Å². The van der Waals surface area contributed by atoms with E-state index in [1.807, 2.05) is 6.92 Å². The van der Waals surface area contributed by atoms with E-state index in [1.165, 1.54) is 0 Å². The van der Waals surface area contributed by atoms with Crippen molar-refractivity contribution in [1.29, 1.82) is 0 Å². The highest BCUT2D eigenvalue weighted by Gasteiger charge is 2.28. The van der Waals surface area contributed by atoms with Gasteiger partial charge in [-0.25, -0.2) is 0 Å². The van der Waals surface area contributed by atoms with Crippen LogP contribution in [0.4, 0.5) is 0 Å². The van der Waals surface area contributed by atoms with Crippen LogP contribution in [0.2, 0.25) is 0 Å². The zero-order valence-electron chi connectivity index (χ0n) is 8.90. The fourth-order valence-electron chi connectivity index (χ4n) is 1.69. The van der Waals surface area contributed by atoms with Crippen LogP contribution in [-0.4, -0.2) is 48.3 Å². The quantitative estimate of drug-likeness (QED) is 0.709. The molecular formula is C10H19NO3. The Kier molecular flexibility index (Phi) is 4.35. The molecule has 0 aromatic heterocycles. The van der Waals surface area contributed by atoms with Crippen molar-refractivity contribution in [2.45, 2.75) is 26.4 Å². The molecule has 0 spiro atoms. The van der Waals surface area contributed by atoms with Gasteiger partial charge < -0.3 is 14.7 Å². The number of aliphatic hydroxyl groups is 1. The van der Waals surface area contributed by atoms with E-state index in [0.29, 0.717) is 13.2 Å². The van der Waals surface area contributed by atoms with Gasteiger partial charge >= 0.3 is 0 Å². The van der Waals surface area contributed by atoms with Crippen molar-refractivity contribution >= 4 is 5.91 Å². The standard InChI is InChI=1S/C10H19NO3/c1-3-14-7-10(13)11-5-4-9(6-11)8(2)12/h8-9,12H,3-7H2,1-2H3. The number of hydrogen-bond acceptors (Lipinski definition) is 3. The first-order valence-electron chi connectivity index (χ1n) is 5.18. The fraction of sp³-hybridized carbons (Fsp3) is 0.900. The number of nitrogens with zero attached hydrogens (tertiary/aromatic N) is 1. The summed E-state index contributed by atoms with van der Waals surface area (Å²) in [5.74, 6) is 0.274.